The zero-order valence-corrected chi connectivity index (χ0v) is 20.4. The molecule has 180 valence electrons. The molecule has 9 heteroatoms. The molecule has 1 amide bonds. The van der Waals surface area contributed by atoms with E-state index >= 15 is 0 Å². The number of fused-ring (bicyclic) bond motifs is 2. The Labute approximate surface area is 203 Å². The van der Waals surface area contributed by atoms with Gasteiger partial charge < -0.3 is 24.7 Å². The third-order valence-electron chi connectivity index (χ3n) is 5.54. The summed E-state index contributed by atoms with van der Waals surface area (Å²) in [7, 11) is 6.28. The molecule has 0 aliphatic carbocycles. The summed E-state index contributed by atoms with van der Waals surface area (Å²) < 4.78 is 20.9. The van der Waals surface area contributed by atoms with Crippen molar-refractivity contribution in [2.45, 2.75) is 13.8 Å². The van der Waals surface area contributed by atoms with Crippen LogP contribution in [0.15, 0.2) is 36.7 Å². The highest BCUT2D eigenvalue weighted by Gasteiger charge is 2.15. The number of nitrogens with zero attached hydrogens (tertiary/aromatic N) is 3. The number of benzene rings is 2. The smallest absolute Gasteiger partial charge is 0.251 e. The van der Waals surface area contributed by atoms with E-state index in [4.69, 9.17) is 24.7 Å². The van der Waals surface area contributed by atoms with Crippen molar-refractivity contribution in [3.05, 3.63) is 59.2 Å². The number of carbonyl (C=O) groups is 1. The molecule has 0 atom stereocenters. The molecule has 2 aromatic carbocycles. The average Bonchev–Trinajstić information content (AvgIpc) is 2.86. The number of primary amides is 1. The largest absolute Gasteiger partial charge is 0.497 e. The van der Waals surface area contributed by atoms with Gasteiger partial charge in [-0.1, -0.05) is 0 Å². The van der Waals surface area contributed by atoms with Crippen LogP contribution in [0.5, 0.6) is 23.0 Å². The quantitative estimate of drug-likeness (QED) is 0.458. The SMILES string of the molecule is COc1cc(OC)c2cnc(C)c(C#N)c2c1.COc1cc(OC)c2cnc(C)c(C(N)=O)c2c1. The van der Waals surface area contributed by atoms with Crippen LogP contribution < -0.4 is 24.7 Å². The van der Waals surface area contributed by atoms with E-state index in [2.05, 4.69) is 16.0 Å². The fraction of sp³-hybridized carbons (Fsp3) is 0.231. The zero-order valence-electron chi connectivity index (χ0n) is 20.4. The molecule has 2 heterocycles. The highest BCUT2D eigenvalue weighted by atomic mass is 16.5. The third-order valence-corrected chi connectivity index (χ3v) is 5.54. The number of nitriles is 1. The molecule has 2 aromatic heterocycles. The standard InChI is InChI=1S/C13H14N2O3.C13H12N2O2/c1-7-12(13(14)16)9-4-8(17-2)5-11(18-3)10(9)6-15-7;1-8-11(6-14)10-4-9(16-2)5-13(17-3)12(10)7-15-8/h4-6H,1-3H3,(H2,14,16);4-5,7H,1-3H3. The van der Waals surface area contributed by atoms with Gasteiger partial charge in [0, 0.05) is 46.1 Å². The van der Waals surface area contributed by atoms with Crippen molar-refractivity contribution < 1.29 is 23.7 Å². The molecule has 0 fully saturated rings. The number of hydrogen-bond donors (Lipinski definition) is 1. The van der Waals surface area contributed by atoms with E-state index in [0.717, 1.165) is 16.2 Å². The second-order valence-corrected chi connectivity index (χ2v) is 7.50. The molecule has 0 spiro atoms. The Balaban J connectivity index is 0.000000196. The molecule has 0 aliphatic heterocycles. The first kappa shape index (κ1) is 25.1. The summed E-state index contributed by atoms with van der Waals surface area (Å²) in [5, 5.41) is 12.2. The van der Waals surface area contributed by atoms with E-state index in [1.165, 1.54) is 0 Å². The number of nitrogens with two attached hydrogens (primary N) is 1. The number of pyridine rings is 2. The zero-order chi connectivity index (χ0) is 25.7. The lowest BCUT2D eigenvalue weighted by molar-refractivity contribution is 0.100. The first-order chi connectivity index (χ1) is 16.8. The van der Waals surface area contributed by atoms with E-state index < -0.39 is 5.91 Å². The fourth-order valence-corrected chi connectivity index (χ4v) is 3.75. The van der Waals surface area contributed by atoms with E-state index in [9.17, 15) is 10.1 Å². The molecular weight excluding hydrogens is 448 g/mol. The topological polar surface area (TPSA) is 130 Å². The van der Waals surface area contributed by atoms with Crippen molar-refractivity contribution in [2.75, 3.05) is 28.4 Å². The minimum absolute atomic E-state index is 0.393. The Hall–Kier alpha value is -4.58. The van der Waals surface area contributed by atoms with Crippen LogP contribution in [0.3, 0.4) is 0 Å². The van der Waals surface area contributed by atoms with Crippen LogP contribution in [0.2, 0.25) is 0 Å². The van der Waals surface area contributed by atoms with Crippen LogP contribution in [0.1, 0.15) is 27.3 Å². The van der Waals surface area contributed by atoms with Crippen molar-refractivity contribution in [3.63, 3.8) is 0 Å². The van der Waals surface area contributed by atoms with Crippen LogP contribution >= 0.6 is 0 Å². The molecular formula is C26H26N4O5. The maximum atomic E-state index is 11.5. The third kappa shape index (κ3) is 4.87. The van der Waals surface area contributed by atoms with E-state index in [0.29, 0.717) is 50.9 Å². The number of hydrogen-bond acceptors (Lipinski definition) is 8. The van der Waals surface area contributed by atoms with Crippen molar-refractivity contribution in [1.82, 2.24) is 9.97 Å². The Morgan fingerprint density at radius 3 is 1.71 bits per heavy atom. The Morgan fingerprint density at radius 1 is 0.771 bits per heavy atom. The molecule has 35 heavy (non-hydrogen) atoms. The van der Waals surface area contributed by atoms with Crippen LogP contribution in [-0.2, 0) is 0 Å². The molecule has 0 saturated carbocycles. The number of methoxy groups -OCH3 is 4. The first-order valence-electron chi connectivity index (χ1n) is 10.5. The van der Waals surface area contributed by atoms with Crippen molar-refractivity contribution in [3.8, 4) is 29.1 Å². The van der Waals surface area contributed by atoms with Crippen LogP contribution in [0.4, 0.5) is 0 Å². The van der Waals surface area contributed by atoms with Gasteiger partial charge in [-0.3, -0.25) is 14.8 Å². The van der Waals surface area contributed by atoms with E-state index in [1.807, 2.05) is 13.0 Å². The predicted molar refractivity (Wildman–Crippen MR) is 132 cm³/mol. The summed E-state index contributed by atoms with van der Waals surface area (Å²) in [6, 6.07) is 9.27. The fourth-order valence-electron chi connectivity index (χ4n) is 3.75. The summed E-state index contributed by atoms with van der Waals surface area (Å²) in [5.41, 5.74) is 7.64. The van der Waals surface area contributed by atoms with Gasteiger partial charge in [-0.05, 0) is 26.0 Å². The Bertz CT molecular complexity index is 1460. The summed E-state index contributed by atoms with van der Waals surface area (Å²) in [5.74, 6) is 2.01. The Morgan fingerprint density at radius 2 is 1.26 bits per heavy atom. The highest BCUT2D eigenvalue weighted by Crippen LogP contribution is 2.34. The highest BCUT2D eigenvalue weighted by molar-refractivity contribution is 6.08. The minimum atomic E-state index is -0.513. The van der Waals surface area contributed by atoms with Gasteiger partial charge in [0.15, 0.2) is 0 Å². The van der Waals surface area contributed by atoms with Crippen molar-refractivity contribution in [1.29, 1.82) is 5.26 Å². The van der Waals surface area contributed by atoms with E-state index in [1.54, 1.807) is 66.0 Å². The Kier molecular flexibility index (Phi) is 7.56. The molecule has 0 unspecified atom stereocenters. The lowest BCUT2D eigenvalue weighted by atomic mass is 10.0. The maximum absolute atomic E-state index is 11.5. The van der Waals surface area contributed by atoms with Gasteiger partial charge in [-0.25, -0.2) is 0 Å². The number of aromatic nitrogens is 2. The van der Waals surface area contributed by atoms with Crippen LogP contribution in [-0.4, -0.2) is 44.3 Å². The minimum Gasteiger partial charge on any atom is -0.497 e. The van der Waals surface area contributed by atoms with Crippen molar-refractivity contribution >= 4 is 27.5 Å². The maximum Gasteiger partial charge on any atom is 0.251 e. The number of carbonyl (C=O) groups excluding carboxylic acids is 1. The number of rotatable bonds is 5. The molecule has 2 N–H and O–H groups in total. The van der Waals surface area contributed by atoms with Crippen molar-refractivity contribution in [2.24, 2.45) is 5.73 Å². The monoisotopic (exact) mass is 474 g/mol. The van der Waals surface area contributed by atoms with Gasteiger partial charge in [-0.2, -0.15) is 5.26 Å². The van der Waals surface area contributed by atoms with Crippen LogP contribution in [0.25, 0.3) is 21.5 Å². The van der Waals surface area contributed by atoms with Gasteiger partial charge in [0.2, 0.25) is 0 Å². The van der Waals surface area contributed by atoms with E-state index in [-0.39, 0.29) is 0 Å². The lowest BCUT2D eigenvalue weighted by Gasteiger charge is -2.11. The normalized spacial score (nSPS) is 10.2. The number of ether oxygens (including phenoxy) is 4. The lowest BCUT2D eigenvalue weighted by Crippen LogP contribution is -2.14. The summed E-state index contributed by atoms with van der Waals surface area (Å²) in [4.78, 5) is 19.9. The second kappa shape index (κ2) is 10.6. The molecule has 4 rings (SSSR count). The van der Waals surface area contributed by atoms with Gasteiger partial charge in [0.25, 0.3) is 5.91 Å². The number of amides is 1. The molecule has 0 saturated heterocycles. The second-order valence-electron chi connectivity index (χ2n) is 7.50. The van der Waals surface area contributed by atoms with Crippen LogP contribution in [0, 0.1) is 25.2 Å². The summed E-state index contributed by atoms with van der Waals surface area (Å²) >= 11 is 0. The number of aryl methyl sites for hydroxylation is 2. The molecule has 0 bridgehead atoms. The van der Waals surface area contributed by atoms with Gasteiger partial charge in [0.05, 0.1) is 51.0 Å². The summed E-state index contributed by atoms with van der Waals surface area (Å²) in [6.45, 7) is 3.55. The first-order valence-corrected chi connectivity index (χ1v) is 10.5. The van der Waals surface area contributed by atoms with Gasteiger partial charge >= 0.3 is 0 Å². The van der Waals surface area contributed by atoms with Gasteiger partial charge in [0.1, 0.15) is 29.1 Å². The molecule has 9 nitrogen and oxygen atoms in total. The molecule has 0 aliphatic rings. The molecule has 0 radical (unpaired) electrons. The predicted octanol–water partition coefficient (Wildman–Crippen LogP) is 4.09. The summed E-state index contributed by atoms with van der Waals surface area (Å²) in [6.07, 6.45) is 3.37. The average molecular weight is 475 g/mol. The van der Waals surface area contributed by atoms with Gasteiger partial charge in [-0.15, -0.1) is 0 Å². The molecule has 4 aromatic rings.